The van der Waals surface area contributed by atoms with Gasteiger partial charge in [-0.1, -0.05) is 12.1 Å². The van der Waals surface area contributed by atoms with Crippen LogP contribution < -0.4 is 4.72 Å². The van der Waals surface area contributed by atoms with Gasteiger partial charge in [0.25, 0.3) is 0 Å². The van der Waals surface area contributed by atoms with Crippen LogP contribution in [0.4, 0.5) is 0 Å². The highest BCUT2D eigenvalue weighted by Crippen LogP contribution is 2.18. The summed E-state index contributed by atoms with van der Waals surface area (Å²) in [6.07, 6.45) is 1.47. The number of piperidine rings is 1. The van der Waals surface area contributed by atoms with Crippen LogP contribution in [0.5, 0.6) is 0 Å². The van der Waals surface area contributed by atoms with Crippen LogP contribution in [0.1, 0.15) is 31.4 Å². The Hall–Kier alpha value is -0.950. The summed E-state index contributed by atoms with van der Waals surface area (Å²) in [6, 6.07) is 6.38. The molecule has 1 fully saturated rings. The Morgan fingerprint density at radius 2 is 1.86 bits per heavy atom. The molecule has 2 N–H and O–H groups in total. The van der Waals surface area contributed by atoms with Crippen molar-refractivity contribution in [2.45, 2.75) is 30.8 Å². The number of aliphatic hydroxyl groups is 1. The van der Waals surface area contributed by atoms with Crippen LogP contribution in [0, 0.1) is 5.92 Å². The maximum Gasteiger partial charge on any atom is 0.240 e. The van der Waals surface area contributed by atoms with E-state index >= 15 is 0 Å². The first-order valence-corrected chi connectivity index (χ1v) is 8.83. The third-order valence-electron chi connectivity index (χ3n) is 4.07. The Balaban J connectivity index is 1.95. The molecule has 0 aromatic heterocycles. The largest absolute Gasteiger partial charge is 0.389 e. The highest BCUT2D eigenvalue weighted by Gasteiger charge is 2.20. The maximum atomic E-state index is 12.2. The SMILES string of the molecule is CC(O)c1ccc(S(=O)(=O)NCC2CCN(C)CC2)cc1. The lowest BCUT2D eigenvalue weighted by Crippen LogP contribution is -2.36. The Labute approximate surface area is 127 Å². The van der Waals surface area contributed by atoms with E-state index < -0.39 is 16.1 Å². The number of nitrogens with one attached hydrogen (secondary N) is 1. The van der Waals surface area contributed by atoms with Gasteiger partial charge in [0.05, 0.1) is 11.0 Å². The molecule has 1 atom stereocenters. The van der Waals surface area contributed by atoms with Crippen molar-refractivity contribution in [3.05, 3.63) is 29.8 Å². The van der Waals surface area contributed by atoms with E-state index in [0.717, 1.165) is 25.9 Å². The summed E-state index contributed by atoms with van der Waals surface area (Å²) in [5, 5.41) is 9.44. The van der Waals surface area contributed by atoms with Crippen LogP contribution in [0.2, 0.25) is 0 Å². The zero-order valence-corrected chi connectivity index (χ0v) is 13.4. The average Bonchev–Trinajstić information content (AvgIpc) is 2.47. The van der Waals surface area contributed by atoms with Crippen LogP contribution in [-0.2, 0) is 10.0 Å². The van der Waals surface area contributed by atoms with Crippen molar-refractivity contribution in [3.63, 3.8) is 0 Å². The van der Waals surface area contributed by atoms with Crippen molar-refractivity contribution in [2.24, 2.45) is 5.92 Å². The van der Waals surface area contributed by atoms with Gasteiger partial charge in [-0.3, -0.25) is 0 Å². The monoisotopic (exact) mass is 312 g/mol. The molecule has 0 radical (unpaired) electrons. The molecule has 21 heavy (non-hydrogen) atoms. The van der Waals surface area contributed by atoms with E-state index in [1.54, 1.807) is 31.2 Å². The predicted octanol–water partition coefficient (Wildman–Crippen LogP) is 1.36. The molecule has 1 saturated heterocycles. The molecule has 118 valence electrons. The van der Waals surface area contributed by atoms with Crippen LogP contribution in [0.15, 0.2) is 29.2 Å². The van der Waals surface area contributed by atoms with Gasteiger partial charge in [-0.2, -0.15) is 0 Å². The average molecular weight is 312 g/mol. The molecule has 5 nitrogen and oxygen atoms in total. The van der Waals surface area contributed by atoms with Crippen LogP contribution in [0.25, 0.3) is 0 Å². The lowest BCUT2D eigenvalue weighted by atomic mass is 9.98. The van der Waals surface area contributed by atoms with E-state index in [4.69, 9.17) is 0 Å². The topological polar surface area (TPSA) is 69.6 Å². The molecule has 0 spiro atoms. The summed E-state index contributed by atoms with van der Waals surface area (Å²) >= 11 is 0. The molecule has 1 aliphatic rings. The minimum absolute atomic E-state index is 0.250. The number of likely N-dealkylation sites (tertiary alicyclic amines) is 1. The van der Waals surface area contributed by atoms with Gasteiger partial charge in [0.1, 0.15) is 0 Å². The molecule has 1 aliphatic heterocycles. The van der Waals surface area contributed by atoms with E-state index in [1.807, 2.05) is 0 Å². The Kier molecular flexibility index (Phi) is 5.37. The molecule has 6 heteroatoms. The molecule has 1 aromatic rings. The zero-order chi connectivity index (χ0) is 15.5. The maximum absolute atomic E-state index is 12.2. The highest BCUT2D eigenvalue weighted by molar-refractivity contribution is 7.89. The second-order valence-electron chi connectivity index (χ2n) is 5.84. The molecule has 0 bridgehead atoms. The molecule has 2 rings (SSSR count). The number of benzene rings is 1. The van der Waals surface area contributed by atoms with Crippen LogP contribution in [-0.4, -0.2) is 45.1 Å². The van der Waals surface area contributed by atoms with Gasteiger partial charge in [0, 0.05) is 6.54 Å². The lowest BCUT2D eigenvalue weighted by Gasteiger charge is -2.28. The van der Waals surface area contributed by atoms with Crippen molar-refractivity contribution in [3.8, 4) is 0 Å². The minimum atomic E-state index is -3.46. The van der Waals surface area contributed by atoms with Crippen LogP contribution in [0.3, 0.4) is 0 Å². The third kappa shape index (κ3) is 4.51. The van der Waals surface area contributed by atoms with Gasteiger partial charge in [-0.05, 0) is 63.5 Å². The van der Waals surface area contributed by atoms with Crippen LogP contribution >= 0.6 is 0 Å². The quantitative estimate of drug-likeness (QED) is 0.861. The van der Waals surface area contributed by atoms with Crippen molar-refractivity contribution in [2.75, 3.05) is 26.7 Å². The van der Waals surface area contributed by atoms with E-state index in [0.29, 0.717) is 18.0 Å². The first-order valence-electron chi connectivity index (χ1n) is 7.35. The van der Waals surface area contributed by atoms with Gasteiger partial charge in [0.2, 0.25) is 10.0 Å². The minimum Gasteiger partial charge on any atom is -0.389 e. The van der Waals surface area contributed by atoms with E-state index in [-0.39, 0.29) is 4.90 Å². The molecule has 1 aromatic carbocycles. The lowest BCUT2D eigenvalue weighted by molar-refractivity contribution is 0.199. The fourth-order valence-electron chi connectivity index (χ4n) is 2.50. The zero-order valence-electron chi connectivity index (χ0n) is 12.6. The number of hydrogen-bond acceptors (Lipinski definition) is 4. The van der Waals surface area contributed by atoms with Gasteiger partial charge in [-0.25, -0.2) is 13.1 Å². The third-order valence-corrected chi connectivity index (χ3v) is 5.51. The number of sulfonamides is 1. The number of aliphatic hydroxyl groups excluding tert-OH is 1. The Morgan fingerprint density at radius 1 is 1.29 bits per heavy atom. The number of rotatable bonds is 5. The fraction of sp³-hybridized carbons (Fsp3) is 0.600. The Morgan fingerprint density at radius 3 is 2.38 bits per heavy atom. The normalized spacial score (nSPS) is 19.6. The highest BCUT2D eigenvalue weighted by atomic mass is 32.2. The van der Waals surface area contributed by atoms with E-state index in [2.05, 4.69) is 16.7 Å². The summed E-state index contributed by atoms with van der Waals surface area (Å²) in [5.74, 6) is 0.410. The number of hydrogen-bond donors (Lipinski definition) is 2. The van der Waals surface area contributed by atoms with E-state index in [1.165, 1.54) is 0 Å². The summed E-state index contributed by atoms with van der Waals surface area (Å²) in [7, 11) is -1.37. The smallest absolute Gasteiger partial charge is 0.240 e. The van der Waals surface area contributed by atoms with Gasteiger partial charge in [-0.15, -0.1) is 0 Å². The second kappa shape index (κ2) is 6.87. The summed E-state index contributed by atoms with van der Waals surface area (Å²) in [4.78, 5) is 2.51. The van der Waals surface area contributed by atoms with Crippen molar-refractivity contribution >= 4 is 10.0 Å². The molecular formula is C15H24N2O3S. The van der Waals surface area contributed by atoms with Crippen molar-refractivity contribution in [1.82, 2.24) is 9.62 Å². The molecule has 0 amide bonds. The number of nitrogens with zero attached hydrogens (tertiary/aromatic N) is 1. The predicted molar refractivity (Wildman–Crippen MR) is 82.5 cm³/mol. The standard InChI is InChI=1S/C15H24N2O3S/c1-12(18)14-3-5-15(6-4-14)21(19,20)16-11-13-7-9-17(2)10-8-13/h3-6,12-13,16,18H,7-11H2,1-2H3. The molecule has 1 unspecified atom stereocenters. The molecule has 0 aliphatic carbocycles. The Bertz CT molecular complexity index is 547. The summed E-state index contributed by atoms with van der Waals surface area (Å²) in [5.41, 5.74) is 0.712. The first kappa shape index (κ1) is 16.4. The molecule has 0 saturated carbocycles. The second-order valence-corrected chi connectivity index (χ2v) is 7.61. The van der Waals surface area contributed by atoms with Crippen molar-refractivity contribution < 1.29 is 13.5 Å². The van der Waals surface area contributed by atoms with Gasteiger partial charge < -0.3 is 10.0 Å². The summed E-state index contributed by atoms with van der Waals surface area (Å²) in [6.45, 7) is 4.20. The van der Waals surface area contributed by atoms with Gasteiger partial charge in [0.15, 0.2) is 0 Å². The summed E-state index contributed by atoms with van der Waals surface area (Å²) < 4.78 is 27.2. The van der Waals surface area contributed by atoms with E-state index in [9.17, 15) is 13.5 Å². The van der Waals surface area contributed by atoms with Crippen molar-refractivity contribution in [1.29, 1.82) is 0 Å². The van der Waals surface area contributed by atoms with Gasteiger partial charge >= 0.3 is 0 Å². The fourth-order valence-corrected chi connectivity index (χ4v) is 3.62. The molecule has 1 heterocycles. The molecular weight excluding hydrogens is 288 g/mol. The first-order chi connectivity index (χ1) is 9.88.